The molecule has 0 heterocycles. The van der Waals surface area contributed by atoms with Crippen molar-refractivity contribution in [1.29, 1.82) is 5.26 Å². The fourth-order valence-electron chi connectivity index (χ4n) is 2.01. The second-order valence-corrected chi connectivity index (χ2v) is 5.82. The Labute approximate surface area is 138 Å². The summed E-state index contributed by atoms with van der Waals surface area (Å²) in [7, 11) is 1.66. The summed E-state index contributed by atoms with van der Waals surface area (Å²) >= 11 is 1.66. The van der Waals surface area contributed by atoms with Crippen LogP contribution in [0.1, 0.15) is 11.1 Å². The summed E-state index contributed by atoms with van der Waals surface area (Å²) < 4.78 is 13.1. The third kappa shape index (κ3) is 4.47. The zero-order chi connectivity index (χ0) is 16.8. The molecule has 0 aliphatic heterocycles. The first-order valence-electron chi connectivity index (χ1n) is 6.88. The van der Waals surface area contributed by atoms with Gasteiger partial charge in [0.05, 0.1) is 11.3 Å². The van der Waals surface area contributed by atoms with Crippen molar-refractivity contribution in [2.45, 2.75) is 11.4 Å². The molecule has 0 aliphatic carbocycles. The average Bonchev–Trinajstić information content (AvgIpc) is 2.57. The van der Waals surface area contributed by atoms with E-state index in [0.29, 0.717) is 12.2 Å². The number of hydrogen-bond acceptors (Lipinski definition) is 3. The normalized spacial score (nSPS) is 10.0. The molecule has 2 aromatic rings. The van der Waals surface area contributed by atoms with E-state index in [0.717, 1.165) is 16.5 Å². The number of anilines is 1. The van der Waals surface area contributed by atoms with E-state index in [2.05, 4.69) is 5.32 Å². The van der Waals surface area contributed by atoms with Crippen LogP contribution in [0.3, 0.4) is 0 Å². The Morgan fingerprint density at radius 2 is 2.00 bits per heavy atom. The lowest BCUT2D eigenvalue weighted by Gasteiger charge is -2.18. The van der Waals surface area contributed by atoms with Crippen LogP contribution in [0.25, 0.3) is 0 Å². The van der Waals surface area contributed by atoms with E-state index in [1.807, 2.05) is 36.6 Å². The first-order valence-corrected chi connectivity index (χ1v) is 8.10. The molecule has 0 fully saturated rings. The Hall–Kier alpha value is -2.52. The average molecular weight is 329 g/mol. The molecule has 0 spiro atoms. The van der Waals surface area contributed by atoms with Crippen LogP contribution in [-0.2, 0) is 6.54 Å². The highest BCUT2D eigenvalue weighted by atomic mass is 32.2. The Morgan fingerprint density at radius 3 is 2.61 bits per heavy atom. The lowest BCUT2D eigenvalue weighted by molar-refractivity contribution is 0.220. The van der Waals surface area contributed by atoms with Gasteiger partial charge in [0.15, 0.2) is 0 Å². The lowest BCUT2D eigenvalue weighted by atomic mass is 10.2. The Bertz CT molecular complexity index is 740. The van der Waals surface area contributed by atoms with Crippen molar-refractivity contribution < 1.29 is 9.18 Å². The number of hydrogen-bond donors (Lipinski definition) is 1. The molecular formula is C17H16FN3OS. The molecule has 0 saturated heterocycles. The van der Waals surface area contributed by atoms with E-state index in [1.54, 1.807) is 18.8 Å². The second-order valence-electron chi connectivity index (χ2n) is 4.94. The number of carbonyl (C=O) groups excluding carboxylic acids is 1. The van der Waals surface area contributed by atoms with Crippen molar-refractivity contribution in [3.8, 4) is 6.07 Å². The molecule has 2 rings (SSSR count). The van der Waals surface area contributed by atoms with Crippen molar-refractivity contribution in [3.05, 3.63) is 59.4 Å². The molecule has 0 atom stereocenters. The van der Waals surface area contributed by atoms with Gasteiger partial charge in [-0.1, -0.05) is 12.1 Å². The third-order valence-electron chi connectivity index (χ3n) is 3.27. The minimum absolute atomic E-state index is 0.0936. The molecule has 0 bridgehead atoms. The SMILES string of the molecule is CSc1ccc(CN(C)C(=O)Nc2ccc(F)cc2C#N)cc1. The van der Waals surface area contributed by atoms with Gasteiger partial charge >= 0.3 is 6.03 Å². The lowest BCUT2D eigenvalue weighted by Crippen LogP contribution is -2.31. The van der Waals surface area contributed by atoms with Gasteiger partial charge in [0.25, 0.3) is 0 Å². The maximum absolute atomic E-state index is 13.1. The highest BCUT2D eigenvalue weighted by Gasteiger charge is 2.12. The van der Waals surface area contributed by atoms with Gasteiger partial charge in [-0.3, -0.25) is 0 Å². The van der Waals surface area contributed by atoms with Gasteiger partial charge in [0, 0.05) is 18.5 Å². The van der Waals surface area contributed by atoms with Crippen molar-refractivity contribution >= 4 is 23.5 Å². The van der Waals surface area contributed by atoms with Crippen LogP contribution in [0.5, 0.6) is 0 Å². The van der Waals surface area contributed by atoms with E-state index in [-0.39, 0.29) is 11.6 Å². The summed E-state index contributed by atoms with van der Waals surface area (Å²) in [5.41, 5.74) is 1.39. The van der Waals surface area contributed by atoms with Crippen LogP contribution in [0.2, 0.25) is 0 Å². The maximum atomic E-state index is 13.1. The first kappa shape index (κ1) is 16.8. The summed E-state index contributed by atoms with van der Waals surface area (Å²) in [5.74, 6) is -0.512. The molecular weight excluding hydrogens is 313 g/mol. The van der Waals surface area contributed by atoms with Gasteiger partial charge in [-0.2, -0.15) is 5.26 Å². The van der Waals surface area contributed by atoms with Crippen molar-refractivity contribution in [2.24, 2.45) is 0 Å². The fraction of sp³-hybridized carbons (Fsp3) is 0.176. The molecule has 1 N–H and O–H groups in total. The zero-order valence-electron chi connectivity index (χ0n) is 12.8. The number of benzene rings is 2. The van der Waals surface area contributed by atoms with Crippen molar-refractivity contribution in [3.63, 3.8) is 0 Å². The smallest absolute Gasteiger partial charge is 0.321 e. The van der Waals surface area contributed by atoms with Crippen LogP contribution in [0.4, 0.5) is 14.9 Å². The maximum Gasteiger partial charge on any atom is 0.321 e. The van der Waals surface area contributed by atoms with E-state index >= 15 is 0 Å². The number of rotatable bonds is 4. The summed E-state index contributed by atoms with van der Waals surface area (Å²) in [6.07, 6.45) is 2.00. The number of carbonyl (C=O) groups is 1. The van der Waals surface area contributed by atoms with Gasteiger partial charge in [0.1, 0.15) is 11.9 Å². The second kappa shape index (κ2) is 7.65. The minimum atomic E-state index is -0.512. The summed E-state index contributed by atoms with van der Waals surface area (Å²) in [4.78, 5) is 14.9. The number of urea groups is 1. The molecule has 2 amide bonds. The first-order chi connectivity index (χ1) is 11.0. The number of halogens is 1. The topological polar surface area (TPSA) is 56.1 Å². The van der Waals surface area contributed by atoms with E-state index in [9.17, 15) is 9.18 Å². The third-order valence-corrected chi connectivity index (χ3v) is 4.01. The molecule has 0 saturated carbocycles. The molecule has 0 aromatic heterocycles. The molecule has 0 radical (unpaired) electrons. The quantitative estimate of drug-likeness (QED) is 0.860. The monoisotopic (exact) mass is 329 g/mol. The summed E-state index contributed by atoms with van der Waals surface area (Å²) in [6, 6.07) is 13.1. The van der Waals surface area contributed by atoms with Crippen LogP contribution in [0.15, 0.2) is 47.4 Å². The summed E-state index contributed by atoms with van der Waals surface area (Å²) in [6.45, 7) is 0.434. The summed E-state index contributed by atoms with van der Waals surface area (Å²) in [5, 5.41) is 11.6. The van der Waals surface area contributed by atoms with Crippen LogP contribution in [0, 0.1) is 17.1 Å². The molecule has 23 heavy (non-hydrogen) atoms. The number of amides is 2. The van der Waals surface area contributed by atoms with Crippen molar-refractivity contribution in [2.75, 3.05) is 18.6 Å². The Balaban J connectivity index is 2.04. The van der Waals surface area contributed by atoms with Gasteiger partial charge in [-0.25, -0.2) is 9.18 Å². The van der Waals surface area contributed by atoms with Gasteiger partial charge in [0.2, 0.25) is 0 Å². The molecule has 4 nitrogen and oxygen atoms in total. The predicted octanol–water partition coefficient (Wildman–Crippen LogP) is 4.08. The Morgan fingerprint density at radius 1 is 1.30 bits per heavy atom. The van der Waals surface area contributed by atoms with Gasteiger partial charge in [-0.15, -0.1) is 11.8 Å². The van der Waals surface area contributed by atoms with E-state index in [1.165, 1.54) is 17.0 Å². The van der Waals surface area contributed by atoms with Crippen LogP contribution < -0.4 is 5.32 Å². The van der Waals surface area contributed by atoms with E-state index < -0.39 is 5.82 Å². The van der Waals surface area contributed by atoms with Gasteiger partial charge < -0.3 is 10.2 Å². The zero-order valence-corrected chi connectivity index (χ0v) is 13.7. The number of thioether (sulfide) groups is 1. The highest BCUT2D eigenvalue weighted by Crippen LogP contribution is 2.18. The van der Waals surface area contributed by atoms with Crippen molar-refractivity contribution in [1.82, 2.24) is 4.90 Å². The molecule has 2 aromatic carbocycles. The molecule has 6 heteroatoms. The number of nitriles is 1. The van der Waals surface area contributed by atoms with Gasteiger partial charge in [-0.05, 0) is 42.2 Å². The predicted molar refractivity (Wildman–Crippen MR) is 89.8 cm³/mol. The minimum Gasteiger partial charge on any atom is -0.323 e. The van der Waals surface area contributed by atoms with Crippen LogP contribution in [-0.4, -0.2) is 24.2 Å². The standard InChI is InChI=1S/C17H16FN3OS/c1-21(11-12-3-6-15(23-2)7-4-12)17(22)20-16-8-5-14(18)9-13(16)10-19/h3-9H,11H2,1-2H3,(H,20,22). The molecule has 118 valence electrons. The fourth-order valence-corrected chi connectivity index (χ4v) is 2.41. The molecule has 0 aliphatic rings. The number of nitrogens with zero attached hydrogens (tertiary/aromatic N) is 2. The molecule has 0 unspecified atom stereocenters. The highest BCUT2D eigenvalue weighted by molar-refractivity contribution is 7.98. The Kier molecular flexibility index (Phi) is 5.61. The largest absolute Gasteiger partial charge is 0.323 e. The number of nitrogens with one attached hydrogen (secondary N) is 1. The van der Waals surface area contributed by atoms with Crippen LogP contribution >= 0.6 is 11.8 Å². The van der Waals surface area contributed by atoms with E-state index in [4.69, 9.17) is 5.26 Å².